The Morgan fingerprint density at radius 3 is 2.56 bits per heavy atom. The summed E-state index contributed by atoms with van der Waals surface area (Å²) in [6.45, 7) is 3.93. The van der Waals surface area contributed by atoms with E-state index < -0.39 is 0 Å². The highest BCUT2D eigenvalue weighted by atomic mass is 32.1. The third-order valence-electron chi connectivity index (χ3n) is 6.07. The quantitative estimate of drug-likeness (QED) is 0.314. The molecule has 0 bridgehead atoms. The summed E-state index contributed by atoms with van der Waals surface area (Å²) in [6, 6.07) is 20.7. The van der Waals surface area contributed by atoms with Crippen molar-refractivity contribution in [3.8, 4) is 16.9 Å². The number of aryl methyl sites for hydroxylation is 1. The summed E-state index contributed by atoms with van der Waals surface area (Å²) in [7, 11) is 0. The minimum atomic E-state index is -0.346. The Bertz CT molecular complexity index is 1810. The van der Waals surface area contributed by atoms with E-state index in [0.717, 1.165) is 22.4 Å². The van der Waals surface area contributed by atoms with Crippen LogP contribution in [0.4, 0.5) is 5.69 Å². The van der Waals surface area contributed by atoms with Crippen molar-refractivity contribution in [1.29, 1.82) is 0 Å². The smallest absolute Gasteiger partial charge is 0.266 e. The lowest BCUT2D eigenvalue weighted by Crippen LogP contribution is -2.22. The van der Waals surface area contributed by atoms with E-state index >= 15 is 0 Å². The maximum atomic E-state index is 13.3. The molecule has 0 aliphatic rings. The Balaban J connectivity index is 1.48. The van der Waals surface area contributed by atoms with Crippen molar-refractivity contribution in [3.05, 3.63) is 115 Å². The molecular formula is C27H21N5O3S. The molecule has 0 saturated carbocycles. The number of amides is 1. The second-order valence-electron chi connectivity index (χ2n) is 8.39. The first-order chi connectivity index (χ1) is 17.3. The third-order valence-corrected chi connectivity index (χ3v) is 6.36. The number of nitrogens with one attached hydrogen (secondary N) is 3. The van der Waals surface area contributed by atoms with Crippen LogP contribution in [0.15, 0.2) is 82.4 Å². The van der Waals surface area contributed by atoms with E-state index in [2.05, 4.69) is 20.5 Å². The van der Waals surface area contributed by atoms with Gasteiger partial charge in [-0.1, -0.05) is 24.3 Å². The van der Waals surface area contributed by atoms with Crippen LogP contribution < -0.4 is 16.4 Å². The average molecular weight is 496 g/mol. The van der Waals surface area contributed by atoms with Crippen molar-refractivity contribution < 1.29 is 4.79 Å². The fourth-order valence-electron chi connectivity index (χ4n) is 4.02. The van der Waals surface area contributed by atoms with E-state index in [9.17, 15) is 14.4 Å². The van der Waals surface area contributed by atoms with E-state index in [-0.39, 0.29) is 21.8 Å². The monoisotopic (exact) mass is 495 g/mol. The standard InChI is InChI=1S/C27H21N5O3S/c1-15-5-3-8-23(16(15)2)32-26(35)20-10-9-18(14-22(20)29-27(32)36)25(34)28-19-7-4-6-17(13-19)21-11-12-24(33)31-30-21/h3-14H,1-2H3,(H,28,34)(H,29,36)(H,31,33). The third kappa shape index (κ3) is 4.27. The number of H-pyrrole nitrogens is 2. The molecule has 3 aromatic carbocycles. The number of fused-ring (bicyclic) bond motifs is 1. The number of hydrogen-bond donors (Lipinski definition) is 3. The van der Waals surface area contributed by atoms with Gasteiger partial charge in [-0.2, -0.15) is 5.10 Å². The van der Waals surface area contributed by atoms with Crippen LogP contribution in [0.1, 0.15) is 21.5 Å². The van der Waals surface area contributed by atoms with Crippen LogP contribution in [0.3, 0.4) is 0 Å². The summed E-state index contributed by atoms with van der Waals surface area (Å²) in [5, 5.41) is 9.71. The van der Waals surface area contributed by atoms with Crippen molar-refractivity contribution in [3.63, 3.8) is 0 Å². The van der Waals surface area contributed by atoms with Crippen LogP contribution in [-0.2, 0) is 0 Å². The van der Waals surface area contributed by atoms with Gasteiger partial charge in [0.05, 0.1) is 22.3 Å². The molecule has 178 valence electrons. The molecule has 0 fully saturated rings. The van der Waals surface area contributed by atoms with Gasteiger partial charge in [-0.15, -0.1) is 0 Å². The molecule has 36 heavy (non-hydrogen) atoms. The van der Waals surface area contributed by atoms with Crippen LogP contribution in [0.5, 0.6) is 0 Å². The van der Waals surface area contributed by atoms with E-state index in [1.807, 2.05) is 38.1 Å². The Hall–Kier alpha value is -4.63. The molecule has 0 spiro atoms. The fraction of sp³-hybridized carbons (Fsp3) is 0.0741. The zero-order chi connectivity index (χ0) is 25.4. The minimum Gasteiger partial charge on any atom is -0.331 e. The maximum absolute atomic E-state index is 13.3. The molecule has 0 saturated heterocycles. The number of anilines is 1. The number of carbonyl (C=O) groups excluding carboxylic acids is 1. The van der Waals surface area contributed by atoms with Gasteiger partial charge in [0.2, 0.25) is 0 Å². The van der Waals surface area contributed by atoms with E-state index in [0.29, 0.717) is 27.8 Å². The second kappa shape index (κ2) is 9.20. The molecule has 1 amide bonds. The molecule has 2 heterocycles. The molecule has 0 radical (unpaired) electrons. The Labute approximate surface area is 210 Å². The van der Waals surface area contributed by atoms with E-state index in [1.54, 1.807) is 42.5 Å². The number of hydrogen-bond acceptors (Lipinski definition) is 5. The van der Waals surface area contributed by atoms with Crippen LogP contribution in [0, 0.1) is 18.6 Å². The summed E-state index contributed by atoms with van der Waals surface area (Å²) >= 11 is 5.51. The summed E-state index contributed by atoms with van der Waals surface area (Å²) in [6.07, 6.45) is 0. The van der Waals surface area contributed by atoms with Gasteiger partial charge in [0.15, 0.2) is 4.77 Å². The molecule has 2 aromatic heterocycles. The van der Waals surface area contributed by atoms with Gasteiger partial charge in [-0.05, 0) is 79.7 Å². The lowest BCUT2D eigenvalue weighted by Gasteiger charge is -2.13. The summed E-state index contributed by atoms with van der Waals surface area (Å²) in [4.78, 5) is 40.7. The van der Waals surface area contributed by atoms with Crippen molar-refractivity contribution in [1.82, 2.24) is 19.7 Å². The number of aromatic nitrogens is 4. The van der Waals surface area contributed by atoms with Gasteiger partial charge in [0.25, 0.3) is 17.0 Å². The van der Waals surface area contributed by atoms with Crippen LogP contribution >= 0.6 is 12.2 Å². The average Bonchev–Trinajstić information content (AvgIpc) is 2.87. The van der Waals surface area contributed by atoms with Gasteiger partial charge in [0.1, 0.15) is 0 Å². The van der Waals surface area contributed by atoms with E-state index in [4.69, 9.17) is 12.2 Å². The van der Waals surface area contributed by atoms with E-state index in [1.165, 1.54) is 10.6 Å². The summed E-state index contributed by atoms with van der Waals surface area (Å²) in [5.74, 6) is -0.346. The Kier molecular flexibility index (Phi) is 5.91. The van der Waals surface area contributed by atoms with Crippen molar-refractivity contribution >= 4 is 34.7 Å². The van der Waals surface area contributed by atoms with Crippen LogP contribution in [0.25, 0.3) is 27.8 Å². The second-order valence-corrected chi connectivity index (χ2v) is 8.78. The molecule has 0 aliphatic heterocycles. The lowest BCUT2D eigenvalue weighted by atomic mass is 10.1. The molecule has 8 nitrogen and oxygen atoms in total. The molecular weight excluding hydrogens is 474 g/mol. The number of aromatic amines is 2. The predicted molar refractivity (Wildman–Crippen MR) is 142 cm³/mol. The molecule has 5 aromatic rings. The van der Waals surface area contributed by atoms with Gasteiger partial charge < -0.3 is 10.3 Å². The van der Waals surface area contributed by atoms with Crippen molar-refractivity contribution in [2.45, 2.75) is 13.8 Å². The largest absolute Gasteiger partial charge is 0.331 e. The zero-order valence-electron chi connectivity index (χ0n) is 19.5. The minimum absolute atomic E-state index is 0.250. The SMILES string of the molecule is Cc1cccc(-n2c(=S)[nH]c3cc(C(=O)Nc4cccc(-c5ccc(=O)[nH]n5)c4)ccc3c2=O)c1C. The first-order valence-corrected chi connectivity index (χ1v) is 11.6. The van der Waals surface area contributed by atoms with Gasteiger partial charge in [0, 0.05) is 22.9 Å². The van der Waals surface area contributed by atoms with Gasteiger partial charge in [-0.25, -0.2) is 5.10 Å². The van der Waals surface area contributed by atoms with Crippen LogP contribution in [-0.4, -0.2) is 25.7 Å². The van der Waals surface area contributed by atoms with Gasteiger partial charge >= 0.3 is 0 Å². The molecule has 5 rings (SSSR count). The zero-order valence-corrected chi connectivity index (χ0v) is 20.3. The molecule has 0 unspecified atom stereocenters. The Morgan fingerprint density at radius 1 is 0.972 bits per heavy atom. The highest BCUT2D eigenvalue weighted by Crippen LogP contribution is 2.22. The Morgan fingerprint density at radius 2 is 1.78 bits per heavy atom. The first kappa shape index (κ1) is 23.1. The first-order valence-electron chi connectivity index (χ1n) is 11.1. The number of rotatable bonds is 4. The number of benzene rings is 3. The molecule has 3 N–H and O–H groups in total. The molecule has 0 aliphatic carbocycles. The van der Waals surface area contributed by atoms with Crippen molar-refractivity contribution in [2.24, 2.45) is 0 Å². The topological polar surface area (TPSA) is 113 Å². The summed E-state index contributed by atoms with van der Waals surface area (Å²) in [5.41, 5.74) is 4.91. The number of carbonyl (C=O) groups is 1. The highest BCUT2D eigenvalue weighted by Gasteiger charge is 2.14. The molecule has 0 atom stereocenters. The van der Waals surface area contributed by atoms with Crippen molar-refractivity contribution in [2.75, 3.05) is 5.32 Å². The van der Waals surface area contributed by atoms with Crippen LogP contribution in [0.2, 0.25) is 0 Å². The lowest BCUT2D eigenvalue weighted by molar-refractivity contribution is 0.102. The predicted octanol–water partition coefficient (Wildman–Crippen LogP) is 4.67. The maximum Gasteiger partial charge on any atom is 0.266 e. The summed E-state index contributed by atoms with van der Waals surface area (Å²) < 4.78 is 1.73. The fourth-order valence-corrected chi connectivity index (χ4v) is 4.31. The number of nitrogens with zero attached hydrogens (tertiary/aromatic N) is 2. The highest BCUT2D eigenvalue weighted by molar-refractivity contribution is 7.71. The van der Waals surface area contributed by atoms with Gasteiger partial charge in [-0.3, -0.25) is 19.0 Å². The normalized spacial score (nSPS) is 10.9. The molecule has 9 heteroatoms.